The van der Waals surface area contributed by atoms with Crippen molar-refractivity contribution < 1.29 is 9.32 Å². The van der Waals surface area contributed by atoms with Gasteiger partial charge in [-0.05, 0) is 19.8 Å². The first-order chi connectivity index (χ1) is 8.97. The highest BCUT2D eigenvalue weighted by molar-refractivity contribution is 7.09. The van der Waals surface area contributed by atoms with Crippen molar-refractivity contribution in [1.29, 1.82) is 0 Å². The number of ketones is 1. The maximum Gasteiger partial charge on any atom is 0.237 e. The predicted molar refractivity (Wildman–Crippen MR) is 72.2 cm³/mol. The first-order valence-electron chi connectivity index (χ1n) is 6.21. The molecule has 6 heteroatoms. The molecule has 1 atom stereocenters. The number of hydrogen-bond donors (Lipinski definition) is 0. The number of carbonyl (C=O) groups excluding carboxylic acids is 1. The normalized spacial score (nSPS) is 12.9. The quantitative estimate of drug-likeness (QED) is 0.841. The molecular weight excluding hydrogens is 262 g/mol. The number of aromatic nitrogens is 3. The second kappa shape index (κ2) is 5.61. The minimum Gasteiger partial charge on any atom is -0.339 e. The van der Waals surface area contributed by atoms with Gasteiger partial charge in [0.05, 0.1) is 12.3 Å². The van der Waals surface area contributed by atoms with Crippen LogP contribution in [0.1, 0.15) is 49.1 Å². The van der Waals surface area contributed by atoms with Crippen molar-refractivity contribution in [3.05, 3.63) is 27.8 Å². The molecule has 0 fully saturated rings. The average Bonchev–Trinajstić information content (AvgIpc) is 2.88. The van der Waals surface area contributed by atoms with Crippen LogP contribution in [0.5, 0.6) is 0 Å². The van der Waals surface area contributed by atoms with Gasteiger partial charge in [-0.25, -0.2) is 4.98 Å². The minimum absolute atomic E-state index is 0.0512. The Kier molecular flexibility index (Phi) is 4.09. The lowest BCUT2D eigenvalue weighted by Crippen LogP contribution is -2.15. The molecule has 2 aromatic heterocycles. The summed E-state index contributed by atoms with van der Waals surface area (Å²) in [7, 11) is 0. The molecule has 0 spiro atoms. The van der Waals surface area contributed by atoms with Gasteiger partial charge >= 0.3 is 0 Å². The fraction of sp³-hybridized carbons (Fsp3) is 0.538. The Morgan fingerprint density at radius 1 is 1.42 bits per heavy atom. The van der Waals surface area contributed by atoms with Gasteiger partial charge in [0, 0.05) is 11.1 Å². The first-order valence-corrected chi connectivity index (χ1v) is 7.09. The van der Waals surface area contributed by atoms with Crippen molar-refractivity contribution in [2.75, 3.05) is 0 Å². The summed E-state index contributed by atoms with van der Waals surface area (Å²) >= 11 is 1.57. The van der Waals surface area contributed by atoms with Crippen LogP contribution in [0.3, 0.4) is 0 Å². The van der Waals surface area contributed by atoms with Crippen molar-refractivity contribution >= 4 is 17.1 Å². The molecule has 0 aliphatic rings. The van der Waals surface area contributed by atoms with Gasteiger partial charge in [-0.1, -0.05) is 19.0 Å². The number of aryl methyl sites for hydroxylation is 1. The van der Waals surface area contributed by atoms with E-state index >= 15 is 0 Å². The smallest absolute Gasteiger partial charge is 0.237 e. The Balaban J connectivity index is 2.16. The Morgan fingerprint density at radius 3 is 2.68 bits per heavy atom. The van der Waals surface area contributed by atoms with E-state index < -0.39 is 0 Å². The molecule has 0 bridgehead atoms. The van der Waals surface area contributed by atoms with Crippen LogP contribution >= 0.6 is 11.3 Å². The molecule has 0 saturated heterocycles. The largest absolute Gasteiger partial charge is 0.339 e. The lowest BCUT2D eigenvalue weighted by molar-refractivity contribution is -0.119. The summed E-state index contributed by atoms with van der Waals surface area (Å²) in [6.07, 6.45) is 0.546. The van der Waals surface area contributed by atoms with Crippen molar-refractivity contribution in [1.82, 2.24) is 15.1 Å². The summed E-state index contributed by atoms with van der Waals surface area (Å²) in [4.78, 5) is 20.3. The van der Waals surface area contributed by atoms with E-state index in [1.54, 1.807) is 18.3 Å². The van der Waals surface area contributed by atoms with Crippen LogP contribution in [-0.2, 0) is 11.2 Å². The van der Waals surface area contributed by atoms with Crippen molar-refractivity contribution in [2.45, 2.75) is 40.0 Å². The topological polar surface area (TPSA) is 68.9 Å². The Labute approximate surface area is 116 Å². The highest BCUT2D eigenvalue weighted by Crippen LogP contribution is 2.24. The van der Waals surface area contributed by atoms with Crippen LogP contribution in [-0.4, -0.2) is 20.9 Å². The zero-order valence-electron chi connectivity index (χ0n) is 11.5. The molecule has 2 aromatic rings. The van der Waals surface area contributed by atoms with E-state index in [4.69, 9.17) is 4.52 Å². The number of carbonyl (C=O) groups is 1. The molecule has 2 heterocycles. The van der Waals surface area contributed by atoms with E-state index in [1.807, 2.05) is 26.2 Å². The standard InChI is InChI=1S/C13H17N3O2S/c1-7(2)12(9(4)17)13-15-10(16-18-13)5-11-14-8(3)6-19-11/h6-7,12H,5H2,1-4H3. The summed E-state index contributed by atoms with van der Waals surface area (Å²) in [5.74, 6) is 0.865. The van der Waals surface area contributed by atoms with Gasteiger partial charge in [0.2, 0.25) is 5.89 Å². The second-order valence-corrected chi connectivity index (χ2v) is 5.88. The predicted octanol–water partition coefficient (Wildman–Crippen LogP) is 2.75. The summed E-state index contributed by atoms with van der Waals surface area (Å²) in [6, 6.07) is 0. The van der Waals surface area contributed by atoms with Crippen LogP contribution in [0.4, 0.5) is 0 Å². The first kappa shape index (κ1) is 13.9. The van der Waals surface area contributed by atoms with Crippen molar-refractivity contribution in [3.8, 4) is 0 Å². The molecule has 0 aromatic carbocycles. The Morgan fingerprint density at radius 2 is 2.16 bits per heavy atom. The lowest BCUT2D eigenvalue weighted by Gasteiger charge is -2.12. The highest BCUT2D eigenvalue weighted by Gasteiger charge is 2.26. The van der Waals surface area contributed by atoms with Gasteiger partial charge in [0.15, 0.2) is 5.82 Å². The fourth-order valence-electron chi connectivity index (χ4n) is 2.01. The molecule has 2 rings (SSSR count). The molecular formula is C13H17N3O2S. The van der Waals surface area contributed by atoms with Crippen molar-refractivity contribution in [3.63, 3.8) is 0 Å². The maximum atomic E-state index is 11.6. The van der Waals surface area contributed by atoms with Crippen molar-refractivity contribution in [2.24, 2.45) is 5.92 Å². The Bertz CT molecular complexity index is 574. The molecule has 0 radical (unpaired) electrons. The average molecular weight is 279 g/mol. The van der Waals surface area contributed by atoms with E-state index in [0.29, 0.717) is 18.1 Å². The summed E-state index contributed by atoms with van der Waals surface area (Å²) in [5.41, 5.74) is 0.993. The third-order valence-corrected chi connectivity index (χ3v) is 3.80. The molecule has 0 aliphatic carbocycles. The molecule has 19 heavy (non-hydrogen) atoms. The summed E-state index contributed by atoms with van der Waals surface area (Å²) < 4.78 is 5.22. The molecule has 102 valence electrons. The molecule has 0 N–H and O–H groups in total. The SMILES string of the molecule is CC(=O)C(c1nc(Cc2nc(C)cs2)no1)C(C)C. The number of nitrogens with zero attached hydrogens (tertiary/aromatic N) is 3. The maximum absolute atomic E-state index is 11.6. The second-order valence-electron chi connectivity index (χ2n) is 4.94. The van der Waals surface area contributed by atoms with E-state index in [2.05, 4.69) is 15.1 Å². The van der Waals surface area contributed by atoms with Crippen LogP contribution < -0.4 is 0 Å². The summed E-state index contributed by atoms with van der Waals surface area (Å²) in [6.45, 7) is 7.45. The van der Waals surface area contributed by atoms with Crippen LogP contribution in [0.15, 0.2) is 9.90 Å². The van der Waals surface area contributed by atoms with Gasteiger partial charge in [-0.15, -0.1) is 11.3 Å². The fourth-order valence-corrected chi connectivity index (χ4v) is 2.78. The van der Waals surface area contributed by atoms with Crippen LogP contribution in [0.25, 0.3) is 0 Å². The molecule has 5 nitrogen and oxygen atoms in total. The van der Waals surface area contributed by atoms with E-state index in [9.17, 15) is 4.79 Å². The molecule has 0 amide bonds. The minimum atomic E-state index is -0.320. The number of thiazole rings is 1. The zero-order chi connectivity index (χ0) is 14.0. The van der Waals surface area contributed by atoms with Crippen LogP contribution in [0, 0.1) is 12.8 Å². The lowest BCUT2D eigenvalue weighted by atomic mass is 9.92. The number of rotatable bonds is 5. The molecule has 1 unspecified atom stereocenters. The van der Waals surface area contributed by atoms with Gasteiger partial charge in [0.25, 0.3) is 0 Å². The van der Waals surface area contributed by atoms with Gasteiger partial charge in [0.1, 0.15) is 10.8 Å². The van der Waals surface area contributed by atoms with Gasteiger partial charge in [-0.2, -0.15) is 4.98 Å². The number of hydrogen-bond acceptors (Lipinski definition) is 6. The van der Waals surface area contributed by atoms with Crippen LogP contribution in [0.2, 0.25) is 0 Å². The van der Waals surface area contributed by atoms with Gasteiger partial charge < -0.3 is 4.52 Å². The Hall–Kier alpha value is -1.56. The zero-order valence-corrected chi connectivity index (χ0v) is 12.3. The highest BCUT2D eigenvalue weighted by atomic mass is 32.1. The van der Waals surface area contributed by atoms with E-state index in [-0.39, 0.29) is 17.6 Å². The molecule has 0 aliphatic heterocycles. The number of Topliss-reactive ketones (excluding diaryl/α,β-unsaturated/α-hetero) is 1. The van der Waals surface area contributed by atoms with Gasteiger partial charge in [-0.3, -0.25) is 4.79 Å². The van der Waals surface area contributed by atoms with E-state index in [0.717, 1.165) is 10.7 Å². The third kappa shape index (κ3) is 3.26. The third-order valence-electron chi connectivity index (χ3n) is 2.83. The van der Waals surface area contributed by atoms with E-state index in [1.165, 1.54) is 0 Å². The summed E-state index contributed by atoms with van der Waals surface area (Å²) in [5, 5.41) is 6.88. The molecule has 0 saturated carbocycles. The monoisotopic (exact) mass is 279 g/mol.